The van der Waals surface area contributed by atoms with Crippen LogP contribution < -0.4 is 10.0 Å². The number of sulfonamides is 1. The Hall–Kier alpha value is -2.79. The van der Waals surface area contributed by atoms with Crippen LogP contribution in [0, 0.1) is 0 Å². The number of aromatic nitrogens is 3. The predicted molar refractivity (Wildman–Crippen MR) is 116 cm³/mol. The standard InChI is InChI=1S/C20H22ClN5O4S/c1-14(15-3-5-16(6-4-15)26-13-22-12-23-26)25-20(27)18-11-17(7-8-19(18)21)31(28,29)24-9-10-30-2/h3-8,11-14,24H,9-10H2,1-2H3,(H,25,27)/t14-/m0/s1. The number of amides is 1. The van der Waals surface area contributed by atoms with Crippen LogP contribution in [-0.4, -0.2) is 49.4 Å². The molecule has 0 saturated carbocycles. The van der Waals surface area contributed by atoms with Gasteiger partial charge in [-0.05, 0) is 42.8 Å². The van der Waals surface area contributed by atoms with Crippen LogP contribution >= 0.6 is 11.6 Å². The Balaban J connectivity index is 1.73. The molecular formula is C20H22ClN5O4S. The first-order valence-corrected chi connectivity index (χ1v) is 11.2. The summed E-state index contributed by atoms with van der Waals surface area (Å²) in [5, 5.41) is 7.07. The monoisotopic (exact) mass is 463 g/mol. The number of rotatable bonds is 9. The van der Waals surface area contributed by atoms with Crippen molar-refractivity contribution in [3.05, 3.63) is 71.3 Å². The molecule has 0 aliphatic heterocycles. The van der Waals surface area contributed by atoms with Gasteiger partial charge in [0.25, 0.3) is 5.91 Å². The SMILES string of the molecule is COCCNS(=O)(=O)c1ccc(Cl)c(C(=O)N[C@@H](C)c2ccc(-n3cncn3)cc2)c1. The Morgan fingerprint density at radius 1 is 1.23 bits per heavy atom. The lowest BCUT2D eigenvalue weighted by atomic mass is 10.1. The van der Waals surface area contributed by atoms with Crippen LogP contribution in [0.2, 0.25) is 5.02 Å². The van der Waals surface area contributed by atoms with Crippen LogP contribution in [-0.2, 0) is 14.8 Å². The summed E-state index contributed by atoms with van der Waals surface area (Å²) in [6, 6.07) is 11.1. The molecule has 0 unspecified atom stereocenters. The highest BCUT2D eigenvalue weighted by Crippen LogP contribution is 2.22. The normalized spacial score (nSPS) is 12.5. The van der Waals surface area contributed by atoms with Gasteiger partial charge in [0.1, 0.15) is 12.7 Å². The van der Waals surface area contributed by atoms with Gasteiger partial charge in [0, 0.05) is 13.7 Å². The van der Waals surface area contributed by atoms with Crippen molar-refractivity contribution in [3.63, 3.8) is 0 Å². The number of nitrogens with one attached hydrogen (secondary N) is 2. The molecule has 0 saturated heterocycles. The summed E-state index contributed by atoms with van der Waals surface area (Å²) in [4.78, 5) is 16.6. The van der Waals surface area contributed by atoms with Crippen LogP contribution in [0.15, 0.2) is 60.0 Å². The molecule has 1 atom stereocenters. The molecule has 9 nitrogen and oxygen atoms in total. The molecule has 2 aromatic carbocycles. The first-order valence-electron chi connectivity index (χ1n) is 9.36. The number of carbonyl (C=O) groups is 1. The van der Waals surface area contributed by atoms with Gasteiger partial charge in [-0.1, -0.05) is 23.7 Å². The lowest BCUT2D eigenvalue weighted by molar-refractivity contribution is 0.0940. The zero-order valence-corrected chi connectivity index (χ0v) is 18.5. The number of hydrogen-bond donors (Lipinski definition) is 2. The van der Waals surface area contributed by atoms with Crippen molar-refractivity contribution >= 4 is 27.5 Å². The summed E-state index contributed by atoms with van der Waals surface area (Å²) in [5.41, 5.74) is 1.77. The van der Waals surface area contributed by atoms with E-state index < -0.39 is 15.9 Å². The molecule has 31 heavy (non-hydrogen) atoms. The van der Waals surface area contributed by atoms with E-state index in [0.29, 0.717) is 0 Å². The molecule has 0 bridgehead atoms. The number of carbonyl (C=O) groups excluding carboxylic acids is 1. The van der Waals surface area contributed by atoms with Crippen molar-refractivity contribution in [1.82, 2.24) is 24.8 Å². The third kappa shape index (κ3) is 5.67. The van der Waals surface area contributed by atoms with Gasteiger partial charge in [0.2, 0.25) is 10.0 Å². The Labute approximate surface area is 185 Å². The summed E-state index contributed by atoms with van der Waals surface area (Å²) in [6.45, 7) is 2.17. The van der Waals surface area contributed by atoms with Crippen LogP contribution in [0.3, 0.4) is 0 Å². The molecule has 0 aliphatic rings. The topological polar surface area (TPSA) is 115 Å². The maximum Gasteiger partial charge on any atom is 0.253 e. The van der Waals surface area contributed by atoms with Crippen molar-refractivity contribution in [2.75, 3.05) is 20.3 Å². The van der Waals surface area contributed by atoms with Gasteiger partial charge in [0.15, 0.2) is 0 Å². The van der Waals surface area contributed by atoms with Gasteiger partial charge in [-0.2, -0.15) is 5.10 Å². The molecule has 1 heterocycles. The van der Waals surface area contributed by atoms with E-state index in [2.05, 4.69) is 20.1 Å². The second kappa shape index (κ2) is 10.0. The zero-order chi connectivity index (χ0) is 22.4. The highest BCUT2D eigenvalue weighted by molar-refractivity contribution is 7.89. The van der Waals surface area contributed by atoms with E-state index in [9.17, 15) is 13.2 Å². The molecule has 3 aromatic rings. The highest BCUT2D eigenvalue weighted by atomic mass is 35.5. The van der Waals surface area contributed by atoms with E-state index in [1.807, 2.05) is 31.2 Å². The molecular weight excluding hydrogens is 442 g/mol. The molecule has 0 spiro atoms. The van der Waals surface area contributed by atoms with Gasteiger partial charge < -0.3 is 10.1 Å². The van der Waals surface area contributed by atoms with E-state index >= 15 is 0 Å². The summed E-state index contributed by atoms with van der Waals surface area (Å²) in [5.74, 6) is -0.480. The molecule has 0 fully saturated rings. The molecule has 1 amide bonds. The smallest absolute Gasteiger partial charge is 0.253 e. The van der Waals surface area contributed by atoms with E-state index in [-0.39, 0.29) is 34.7 Å². The predicted octanol–water partition coefficient (Wildman–Crippen LogP) is 2.34. The van der Waals surface area contributed by atoms with Crippen LogP contribution in [0.1, 0.15) is 28.9 Å². The molecule has 1 aromatic heterocycles. The number of hydrogen-bond acceptors (Lipinski definition) is 6. The van der Waals surface area contributed by atoms with E-state index in [1.54, 1.807) is 11.0 Å². The lowest BCUT2D eigenvalue weighted by Gasteiger charge is -2.16. The average molecular weight is 464 g/mol. The Kier molecular flexibility index (Phi) is 7.39. The lowest BCUT2D eigenvalue weighted by Crippen LogP contribution is -2.29. The van der Waals surface area contributed by atoms with Crippen LogP contribution in [0.25, 0.3) is 5.69 Å². The first-order chi connectivity index (χ1) is 14.8. The minimum Gasteiger partial charge on any atom is -0.383 e. The molecule has 3 rings (SSSR count). The highest BCUT2D eigenvalue weighted by Gasteiger charge is 2.20. The van der Waals surface area contributed by atoms with Crippen molar-refractivity contribution in [1.29, 1.82) is 0 Å². The van der Waals surface area contributed by atoms with Crippen molar-refractivity contribution < 1.29 is 17.9 Å². The summed E-state index contributed by atoms with van der Waals surface area (Å²) in [6.07, 6.45) is 3.04. The molecule has 11 heteroatoms. The van der Waals surface area contributed by atoms with Gasteiger partial charge >= 0.3 is 0 Å². The zero-order valence-electron chi connectivity index (χ0n) is 16.9. The second-order valence-electron chi connectivity index (χ2n) is 6.66. The van der Waals surface area contributed by atoms with Gasteiger partial charge in [0.05, 0.1) is 33.8 Å². The minimum absolute atomic E-state index is 0.0528. The summed E-state index contributed by atoms with van der Waals surface area (Å²) >= 11 is 6.16. The van der Waals surface area contributed by atoms with Gasteiger partial charge in [-0.25, -0.2) is 22.8 Å². The molecule has 0 radical (unpaired) electrons. The van der Waals surface area contributed by atoms with Crippen molar-refractivity contribution in [2.24, 2.45) is 0 Å². The molecule has 0 aliphatic carbocycles. The Morgan fingerprint density at radius 2 is 1.97 bits per heavy atom. The van der Waals surface area contributed by atoms with Crippen LogP contribution in [0.4, 0.5) is 0 Å². The number of methoxy groups -OCH3 is 1. The fourth-order valence-corrected chi connectivity index (χ4v) is 4.06. The largest absolute Gasteiger partial charge is 0.383 e. The third-order valence-corrected chi connectivity index (χ3v) is 6.30. The van der Waals surface area contributed by atoms with Gasteiger partial charge in [-0.3, -0.25) is 4.79 Å². The van der Waals surface area contributed by atoms with Crippen molar-refractivity contribution in [2.45, 2.75) is 17.9 Å². The first kappa shape index (κ1) is 22.9. The Bertz CT molecular complexity index is 1130. The number of nitrogens with zero attached hydrogens (tertiary/aromatic N) is 3. The Morgan fingerprint density at radius 3 is 2.61 bits per heavy atom. The quantitative estimate of drug-likeness (QED) is 0.470. The van der Waals surface area contributed by atoms with Crippen molar-refractivity contribution in [3.8, 4) is 5.69 Å². The number of benzene rings is 2. The maximum absolute atomic E-state index is 12.8. The molecule has 2 N–H and O–H groups in total. The average Bonchev–Trinajstić information content (AvgIpc) is 3.29. The maximum atomic E-state index is 12.8. The summed E-state index contributed by atoms with van der Waals surface area (Å²) < 4.78 is 33.7. The van der Waals surface area contributed by atoms with Gasteiger partial charge in [-0.15, -0.1) is 0 Å². The fraction of sp³-hybridized carbons (Fsp3) is 0.250. The minimum atomic E-state index is -3.79. The van der Waals surface area contributed by atoms with E-state index in [1.165, 1.54) is 31.6 Å². The number of ether oxygens (including phenoxy) is 1. The second-order valence-corrected chi connectivity index (χ2v) is 8.83. The summed E-state index contributed by atoms with van der Waals surface area (Å²) in [7, 11) is -2.32. The molecule has 164 valence electrons. The third-order valence-electron chi connectivity index (χ3n) is 4.52. The van der Waals surface area contributed by atoms with Crippen LogP contribution in [0.5, 0.6) is 0 Å². The van der Waals surface area contributed by atoms with E-state index in [4.69, 9.17) is 16.3 Å². The fourth-order valence-electron chi connectivity index (χ4n) is 2.82. The number of halogens is 1. The van der Waals surface area contributed by atoms with E-state index in [0.717, 1.165) is 11.3 Å².